The van der Waals surface area contributed by atoms with E-state index in [-0.39, 0.29) is 6.61 Å². The third-order valence-electron chi connectivity index (χ3n) is 3.89. The molecule has 0 amide bonds. The normalized spacial score (nSPS) is 11.3. The molecule has 2 rings (SSSR count). The van der Waals surface area contributed by atoms with E-state index in [1.165, 1.54) is 0 Å². The van der Waals surface area contributed by atoms with Crippen LogP contribution in [0, 0.1) is 19.3 Å². The van der Waals surface area contributed by atoms with Gasteiger partial charge in [-0.3, -0.25) is 0 Å². The number of aliphatic hydroxyl groups is 1. The quantitative estimate of drug-likeness (QED) is 0.553. The largest absolute Gasteiger partial charge is 0.493 e. The zero-order valence-corrected chi connectivity index (χ0v) is 15.8. The van der Waals surface area contributed by atoms with Crippen LogP contribution in [0.5, 0.6) is 11.5 Å². The molecule has 5 heteroatoms. The Labute approximate surface area is 160 Å². The Kier molecular flexibility index (Phi) is 7.46. The van der Waals surface area contributed by atoms with E-state index in [1.807, 2.05) is 49.4 Å². The van der Waals surface area contributed by atoms with Gasteiger partial charge in [-0.1, -0.05) is 54.0 Å². The second-order valence-corrected chi connectivity index (χ2v) is 6.27. The molecule has 0 aliphatic rings. The minimum absolute atomic E-state index is 0.197. The summed E-state index contributed by atoms with van der Waals surface area (Å²) < 4.78 is 10.8. The molecular weight excluding hydrogens is 346 g/mol. The number of rotatable bonds is 8. The standard InChI is InChI=1S/C21H23NO3S/c1-4-13-25-18-10-7-16(14-19(18)24-3)11-12-22-21(26)20(23)17-8-5-15(2)6-9-17/h1,5-10,14,20,23H,11-13H2,2-3H3,(H,22,26). The van der Waals surface area contributed by atoms with Crippen LogP contribution < -0.4 is 14.8 Å². The van der Waals surface area contributed by atoms with Crippen molar-refractivity contribution in [2.75, 3.05) is 20.3 Å². The Morgan fingerprint density at radius 3 is 2.62 bits per heavy atom. The highest BCUT2D eigenvalue weighted by atomic mass is 32.1. The van der Waals surface area contributed by atoms with Gasteiger partial charge in [0.15, 0.2) is 11.5 Å². The highest BCUT2D eigenvalue weighted by molar-refractivity contribution is 7.80. The number of ether oxygens (including phenoxy) is 2. The molecule has 2 aromatic carbocycles. The first kappa shape index (κ1) is 19.8. The molecular formula is C21H23NO3S. The fraction of sp³-hybridized carbons (Fsp3) is 0.286. The summed E-state index contributed by atoms with van der Waals surface area (Å²) in [4.78, 5) is 0.412. The van der Waals surface area contributed by atoms with E-state index in [9.17, 15) is 5.11 Å². The molecule has 1 atom stereocenters. The van der Waals surface area contributed by atoms with E-state index in [2.05, 4.69) is 11.2 Å². The van der Waals surface area contributed by atoms with E-state index >= 15 is 0 Å². The zero-order chi connectivity index (χ0) is 18.9. The van der Waals surface area contributed by atoms with Crippen LogP contribution >= 0.6 is 12.2 Å². The molecule has 0 saturated heterocycles. The lowest BCUT2D eigenvalue weighted by Crippen LogP contribution is -2.29. The van der Waals surface area contributed by atoms with Gasteiger partial charge < -0.3 is 19.9 Å². The molecule has 0 bridgehead atoms. The maximum Gasteiger partial charge on any atom is 0.162 e. The number of nitrogens with one attached hydrogen (secondary N) is 1. The SMILES string of the molecule is C#CCOc1ccc(CCNC(=S)C(O)c2ccc(C)cc2)cc1OC. The lowest BCUT2D eigenvalue weighted by atomic mass is 10.1. The minimum Gasteiger partial charge on any atom is -0.493 e. The van der Waals surface area contributed by atoms with Crippen molar-refractivity contribution in [1.82, 2.24) is 5.32 Å². The molecule has 136 valence electrons. The molecule has 0 aliphatic carbocycles. The number of terminal acetylenes is 1. The molecule has 0 aliphatic heterocycles. The lowest BCUT2D eigenvalue weighted by Gasteiger charge is -2.15. The van der Waals surface area contributed by atoms with Crippen molar-refractivity contribution < 1.29 is 14.6 Å². The van der Waals surface area contributed by atoms with Crippen LogP contribution in [-0.4, -0.2) is 30.4 Å². The summed E-state index contributed by atoms with van der Waals surface area (Å²) >= 11 is 5.30. The first-order valence-electron chi connectivity index (χ1n) is 8.30. The van der Waals surface area contributed by atoms with Crippen molar-refractivity contribution >= 4 is 17.2 Å². The van der Waals surface area contributed by atoms with Crippen molar-refractivity contribution in [1.29, 1.82) is 0 Å². The van der Waals surface area contributed by atoms with Gasteiger partial charge in [0.2, 0.25) is 0 Å². The summed E-state index contributed by atoms with van der Waals surface area (Å²) in [5, 5.41) is 13.4. The van der Waals surface area contributed by atoms with E-state index in [0.29, 0.717) is 23.0 Å². The van der Waals surface area contributed by atoms with Crippen LogP contribution in [-0.2, 0) is 6.42 Å². The average Bonchev–Trinajstić information content (AvgIpc) is 2.66. The number of aliphatic hydroxyl groups excluding tert-OH is 1. The fourth-order valence-electron chi connectivity index (χ4n) is 2.43. The third-order valence-corrected chi connectivity index (χ3v) is 4.26. The summed E-state index contributed by atoms with van der Waals surface area (Å²) in [6.07, 6.45) is 5.13. The summed E-state index contributed by atoms with van der Waals surface area (Å²) in [6, 6.07) is 13.4. The zero-order valence-electron chi connectivity index (χ0n) is 15.0. The van der Waals surface area contributed by atoms with Crippen LogP contribution in [0.1, 0.15) is 22.8 Å². The van der Waals surface area contributed by atoms with E-state index in [4.69, 9.17) is 28.1 Å². The van der Waals surface area contributed by atoms with Crippen molar-refractivity contribution in [2.24, 2.45) is 0 Å². The van der Waals surface area contributed by atoms with Gasteiger partial charge >= 0.3 is 0 Å². The van der Waals surface area contributed by atoms with Gasteiger partial charge in [-0.15, -0.1) is 6.42 Å². The first-order valence-corrected chi connectivity index (χ1v) is 8.71. The van der Waals surface area contributed by atoms with Gasteiger partial charge in [-0.25, -0.2) is 0 Å². The van der Waals surface area contributed by atoms with E-state index in [1.54, 1.807) is 7.11 Å². The Balaban J connectivity index is 1.89. The van der Waals surface area contributed by atoms with Gasteiger partial charge in [-0.05, 0) is 36.6 Å². The number of hydrogen-bond donors (Lipinski definition) is 2. The van der Waals surface area contributed by atoms with E-state index < -0.39 is 6.10 Å². The molecule has 4 nitrogen and oxygen atoms in total. The fourth-order valence-corrected chi connectivity index (χ4v) is 2.67. The highest BCUT2D eigenvalue weighted by Crippen LogP contribution is 2.28. The molecule has 2 aromatic rings. The highest BCUT2D eigenvalue weighted by Gasteiger charge is 2.13. The maximum atomic E-state index is 10.3. The molecule has 0 saturated carbocycles. The monoisotopic (exact) mass is 369 g/mol. The Hall–Kier alpha value is -2.55. The minimum atomic E-state index is -0.806. The number of hydrogen-bond acceptors (Lipinski definition) is 4. The molecule has 0 aromatic heterocycles. The van der Waals surface area contributed by atoms with Crippen LogP contribution in [0.3, 0.4) is 0 Å². The van der Waals surface area contributed by atoms with Crippen molar-refractivity contribution in [3.8, 4) is 23.8 Å². The van der Waals surface area contributed by atoms with Crippen LogP contribution in [0.4, 0.5) is 0 Å². The van der Waals surface area contributed by atoms with Gasteiger partial charge in [0.05, 0.1) is 7.11 Å². The van der Waals surface area contributed by atoms with Crippen molar-refractivity contribution in [3.05, 3.63) is 59.2 Å². The Morgan fingerprint density at radius 2 is 1.96 bits per heavy atom. The molecule has 0 heterocycles. The second kappa shape index (κ2) is 9.81. The summed E-state index contributed by atoms with van der Waals surface area (Å²) in [5.74, 6) is 3.69. The molecule has 2 N–H and O–H groups in total. The Morgan fingerprint density at radius 1 is 1.23 bits per heavy atom. The molecule has 1 unspecified atom stereocenters. The van der Waals surface area contributed by atoms with Gasteiger partial charge in [0.1, 0.15) is 17.7 Å². The number of aryl methyl sites for hydroxylation is 1. The van der Waals surface area contributed by atoms with Gasteiger partial charge in [0.25, 0.3) is 0 Å². The Bertz CT molecular complexity index is 781. The van der Waals surface area contributed by atoms with Crippen LogP contribution in [0.15, 0.2) is 42.5 Å². The maximum absolute atomic E-state index is 10.3. The number of methoxy groups -OCH3 is 1. The second-order valence-electron chi connectivity index (χ2n) is 5.83. The van der Waals surface area contributed by atoms with Crippen LogP contribution in [0.25, 0.3) is 0 Å². The molecule has 26 heavy (non-hydrogen) atoms. The molecule has 0 spiro atoms. The van der Waals surface area contributed by atoms with Crippen molar-refractivity contribution in [3.63, 3.8) is 0 Å². The third kappa shape index (κ3) is 5.48. The average molecular weight is 369 g/mol. The van der Waals surface area contributed by atoms with Crippen LogP contribution in [0.2, 0.25) is 0 Å². The van der Waals surface area contributed by atoms with Gasteiger partial charge in [-0.2, -0.15) is 0 Å². The smallest absolute Gasteiger partial charge is 0.162 e. The molecule has 0 fully saturated rings. The van der Waals surface area contributed by atoms with Gasteiger partial charge in [0, 0.05) is 6.54 Å². The number of benzene rings is 2. The van der Waals surface area contributed by atoms with Crippen molar-refractivity contribution in [2.45, 2.75) is 19.4 Å². The lowest BCUT2D eigenvalue weighted by molar-refractivity contribution is 0.246. The predicted octanol–water partition coefficient (Wildman–Crippen LogP) is 3.21. The molecule has 0 radical (unpaired) electrons. The first-order chi connectivity index (χ1) is 12.5. The predicted molar refractivity (Wildman–Crippen MR) is 108 cm³/mol. The summed E-state index contributed by atoms with van der Waals surface area (Å²) in [7, 11) is 1.59. The topological polar surface area (TPSA) is 50.7 Å². The number of thiocarbonyl (C=S) groups is 1. The summed E-state index contributed by atoms with van der Waals surface area (Å²) in [5.41, 5.74) is 2.99. The summed E-state index contributed by atoms with van der Waals surface area (Å²) in [6.45, 7) is 2.81. The van der Waals surface area contributed by atoms with E-state index in [0.717, 1.165) is 23.1 Å².